The van der Waals surface area contributed by atoms with Gasteiger partial charge in [0, 0.05) is 44.1 Å². The molecule has 26 heavy (non-hydrogen) atoms. The van der Waals surface area contributed by atoms with Crippen molar-refractivity contribution in [3.05, 3.63) is 35.4 Å². The van der Waals surface area contributed by atoms with Crippen LogP contribution in [0.25, 0.3) is 0 Å². The van der Waals surface area contributed by atoms with E-state index >= 15 is 0 Å². The van der Waals surface area contributed by atoms with E-state index in [4.69, 9.17) is 9.47 Å². The Labute approximate surface area is 156 Å². The van der Waals surface area contributed by atoms with Crippen molar-refractivity contribution in [2.24, 2.45) is 11.3 Å². The van der Waals surface area contributed by atoms with Crippen LogP contribution in [0.5, 0.6) is 0 Å². The molecule has 2 atom stereocenters. The lowest BCUT2D eigenvalue weighted by atomic mass is 9.82. The molecule has 0 N–H and O–H groups in total. The van der Waals surface area contributed by atoms with E-state index in [0.29, 0.717) is 12.5 Å². The van der Waals surface area contributed by atoms with Crippen LogP contribution in [-0.2, 0) is 20.8 Å². The highest BCUT2D eigenvalue weighted by Crippen LogP contribution is 2.42. The van der Waals surface area contributed by atoms with Crippen molar-refractivity contribution in [3.8, 4) is 0 Å². The molecule has 0 unspecified atom stereocenters. The standard InChI is InChI=1S/C21H30N2O3/c1-17-6-2-3-7-18(17)10-22-11-19-12-25-15-21(19,14-22)16-26-13-20(24)23-8-4-5-9-23/h2-3,6-7,19H,4-5,8-16H2,1H3/t19-,21+/m0/s1. The van der Waals surface area contributed by atoms with E-state index in [1.54, 1.807) is 0 Å². The Bertz CT molecular complexity index is 644. The summed E-state index contributed by atoms with van der Waals surface area (Å²) in [7, 11) is 0. The quantitative estimate of drug-likeness (QED) is 0.781. The molecule has 5 heteroatoms. The number of fused-ring (bicyclic) bond motifs is 1. The van der Waals surface area contributed by atoms with Crippen LogP contribution in [0.4, 0.5) is 0 Å². The highest BCUT2D eigenvalue weighted by Gasteiger charge is 2.50. The molecule has 0 saturated carbocycles. The molecule has 1 amide bonds. The third kappa shape index (κ3) is 3.66. The van der Waals surface area contributed by atoms with Crippen molar-refractivity contribution in [1.82, 2.24) is 9.80 Å². The number of ether oxygens (including phenoxy) is 2. The van der Waals surface area contributed by atoms with Crippen molar-refractivity contribution in [2.75, 3.05) is 52.6 Å². The lowest BCUT2D eigenvalue weighted by Gasteiger charge is -2.27. The van der Waals surface area contributed by atoms with E-state index in [1.165, 1.54) is 11.1 Å². The predicted octanol–water partition coefficient (Wildman–Crippen LogP) is 2.08. The minimum absolute atomic E-state index is 0.0496. The first-order chi connectivity index (χ1) is 12.7. The summed E-state index contributed by atoms with van der Waals surface area (Å²) in [5.74, 6) is 0.650. The fourth-order valence-electron chi connectivity index (χ4n) is 4.70. The summed E-state index contributed by atoms with van der Waals surface area (Å²) in [6.07, 6.45) is 2.25. The Balaban J connectivity index is 1.32. The zero-order chi connectivity index (χ0) is 18.0. The van der Waals surface area contributed by atoms with Crippen LogP contribution < -0.4 is 0 Å². The molecule has 3 fully saturated rings. The first kappa shape index (κ1) is 18.0. The zero-order valence-electron chi connectivity index (χ0n) is 15.8. The van der Waals surface area contributed by atoms with Crippen molar-refractivity contribution in [1.29, 1.82) is 0 Å². The van der Waals surface area contributed by atoms with Gasteiger partial charge in [0.2, 0.25) is 5.91 Å². The second kappa shape index (κ2) is 7.67. The smallest absolute Gasteiger partial charge is 0.248 e. The van der Waals surface area contributed by atoms with E-state index in [0.717, 1.165) is 58.8 Å². The fourth-order valence-corrected chi connectivity index (χ4v) is 4.70. The van der Waals surface area contributed by atoms with Crippen LogP contribution >= 0.6 is 0 Å². The largest absolute Gasteiger partial charge is 0.380 e. The number of benzene rings is 1. The van der Waals surface area contributed by atoms with Gasteiger partial charge < -0.3 is 14.4 Å². The predicted molar refractivity (Wildman–Crippen MR) is 99.8 cm³/mol. The molecule has 1 aromatic carbocycles. The molecule has 3 heterocycles. The van der Waals surface area contributed by atoms with Crippen LogP contribution in [0.1, 0.15) is 24.0 Å². The summed E-state index contributed by atoms with van der Waals surface area (Å²) >= 11 is 0. The van der Waals surface area contributed by atoms with E-state index in [-0.39, 0.29) is 17.9 Å². The molecule has 0 aromatic heterocycles. The Kier molecular flexibility index (Phi) is 5.30. The maximum Gasteiger partial charge on any atom is 0.248 e. The van der Waals surface area contributed by atoms with Gasteiger partial charge in [0.1, 0.15) is 6.61 Å². The Morgan fingerprint density at radius 3 is 2.92 bits per heavy atom. The third-order valence-electron chi connectivity index (χ3n) is 6.32. The first-order valence-electron chi connectivity index (χ1n) is 9.86. The fraction of sp³-hybridized carbons (Fsp3) is 0.667. The molecule has 3 saturated heterocycles. The van der Waals surface area contributed by atoms with Crippen LogP contribution in [0.2, 0.25) is 0 Å². The minimum Gasteiger partial charge on any atom is -0.380 e. The maximum atomic E-state index is 12.2. The number of hydrogen-bond donors (Lipinski definition) is 0. The molecule has 142 valence electrons. The Morgan fingerprint density at radius 1 is 1.31 bits per heavy atom. The first-order valence-corrected chi connectivity index (χ1v) is 9.86. The van der Waals surface area contributed by atoms with Crippen LogP contribution in [0, 0.1) is 18.3 Å². The number of amides is 1. The van der Waals surface area contributed by atoms with Crippen LogP contribution in [0.15, 0.2) is 24.3 Å². The molecule has 3 aliphatic rings. The summed E-state index contributed by atoms with van der Waals surface area (Å²) < 4.78 is 11.7. The lowest BCUT2D eigenvalue weighted by Crippen LogP contribution is -2.38. The summed E-state index contributed by atoms with van der Waals surface area (Å²) in [6, 6.07) is 8.61. The van der Waals surface area contributed by atoms with Crippen LogP contribution in [0.3, 0.4) is 0 Å². The molecule has 0 radical (unpaired) electrons. The minimum atomic E-state index is 0.0496. The number of aryl methyl sites for hydroxylation is 1. The molecule has 3 aliphatic heterocycles. The van der Waals surface area contributed by atoms with Gasteiger partial charge in [0.25, 0.3) is 0 Å². The summed E-state index contributed by atoms with van der Waals surface area (Å²) in [4.78, 5) is 16.7. The summed E-state index contributed by atoms with van der Waals surface area (Å²) in [5, 5.41) is 0. The number of nitrogens with zero attached hydrogens (tertiary/aromatic N) is 2. The number of carbonyl (C=O) groups is 1. The topological polar surface area (TPSA) is 42.0 Å². The lowest BCUT2D eigenvalue weighted by molar-refractivity contribution is -0.136. The van der Waals surface area contributed by atoms with Gasteiger partial charge in [-0.05, 0) is 30.9 Å². The second-order valence-corrected chi connectivity index (χ2v) is 8.25. The average Bonchev–Trinajstić information content (AvgIpc) is 3.33. The van der Waals surface area contributed by atoms with E-state index in [9.17, 15) is 4.79 Å². The van der Waals surface area contributed by atoms with Crippen molar-refractivity contribution in [3.63, 3.8) is 0 Å². The molecule has 0 bridgehead atoms. The van der Waals surface area contributed by atoms with E-state index in [1.807, 2.05) is 4.90 Å². The zero-order valence-corrected chi connectivity index (χ0v) is 15.8. The van der Waals surface area contributed by atoms with Gasteiger partial charge in [-0.25, -0.2) is 0 Å². The van der Waals surface area contributed by atoms with Crippen molar-refractivity contribution >= 4 is 5.91 Å². The number of hydrogen-bond acceptors (Lipinski definition) is 4. The maximum absolute atomic E-state index is 12.2. The van der Waals surface area contributed by atoms with E-state index in [2.05, 4.69) is 36.1 Å². The highest BCUT2D eigenvalue weighted by atomic mass is 16.5. The SMILES string of the molecule is Cc1ccccc1CN1C[C@H]2COC[C@@]2(COCC(=O)N2CCCC2)C1. The van der Waals surface area contributed by atoms with Gasteiger partial charge >= 0.3 is 0 Å². The highest BCUT2D eigenvalue weighted by molar-refractivity contribution is 5.77. The number of likely N-dealkylation sites (tertiary alicyclic amines) is 2. The van der Waals surface area contributed by atoms with Gasteiger partial charge in [-0.3, -0.25) is 9.69 Å². The average molecular weight is 358 g/mol. The summed E-state index contributed by atoms with van der Waals surface area (Å²) in [5.41, 5.74) is 2.80. The normalized spacial score (nSPS) is 28.7. The van der Waals surface area contributed by atoms with Gasteiger partial charge in [-0.1, -0.05) is 24.3 Å². The van der Waals surface area contributed by atoms with Gasteiger partial charge in [-0.15, -0.1) is 0 Å². The summed E-state index contributed by atoms with van der Waals surface area (Å²) in [6.45, 7) is 9.39. The molecule has 0 aliphatic carbocycles. The second-order valence-electron chi connectivity index (χ2n) is 8.25. The van der Waals surface area contributed by atoms with Crippen molar-refractivity contribution in [2.45, 2.75) is 26.3 Å². The number of carbonyl (C=O) groups excluding carboxylic acids is 1. The Morgan fingerprint density at radius 2 is 2.12 bits per heavy atom. The molecule has 0 spiro atoms. The molecule has 5 nitrogen and oxygen atoms in total. The third-order valence-corrected chi connectivity index (χ3v) is 6.32. The molecule has 1 aromatic rings. The van der Waals surface area contributed by atoms with Crippen molar-refractivity contribution < 1.29 is 14.3 Å². The van der Waals surface area contributed by atoms with Gasteiger partial charge in [0.05, 0.1) is 19.8 Å². The van der Waals surface area contributed by atoms with Gasteiger partial charge in [0.15, 0.2) is 0 Å². The van der Waals surface area contributed by atoms with Crippen LogP contribution in [-0.4, -0.2) is 68.3 Å². The molecule has 4 rings (SSSR count). The molecular formula is C21H30N2O3. The van der Waals surface area contributed by atoms with Gasteiger partial charge in [-0.2, -0.15) is 0 Å². The molecular weight excluding hydrogens is 328 g/mol. The van der Waals surface area contributed by atoms with E-state index < -0.39 is 0 Å². The number of rotatable bonds is 6. The Hall–Kier alpha value is -1.43. The monoisotopic (exact) mass is 358 g/mol.